The molecular weight excluding hydrogens is 270 g/mol. The molecule has 6 heteroatoms. The van der Waals surface area contributed by atoms with Crippen LogP contribution >= 0.6 is 0 Å². The van der Waals surface area contributed by atoms with Gasteiger partial charge in [0.15, 0.2) is 0 Å². The summed E-state index contributed by atoms with van der Waals surface area (Å²) in [4.78, 5) is 14.2. The second kappa shape index (κ2) is 7.28. The SMILES string of the molecule is COc1ccc(NC(=O)CCN(C)C2CCOC2)c(N)c1. The average molecular weight is 293 g/mol. The lowest BCUT2D eigenvalue weighted by Gasteiger charge is -2.22. The zero-order valence-corrected chi connectivity index (χ0v) is 12.6. The third-order valence-corrected chi connectivity index (χ3v) is 3.75. The molecule has 0 bridgehead atoms. The van der Waals surface area contributed by atoms with Gasteiger partial charge in [0.1, 0.15) is 5.75 Å². The maximum Gasteiger partial charge on any atom is 0.225 e. The Labute approximate surface area is 125 Å². The van der Waals surface area contributed by atoms with E-state index in [2.05, 4.69) is 10.2 Å². The number of nitrogen functional groups attached to an aromatic ring is 1. The standard InChI is InChI=1S/C15H23N3O3/c1-18(11-6-8-21-10-11)7-5-15(19)17-14-4-3-12(20-2)9-13(14)16/h3-4,9,11H,5-8,10,16H2,1-2H3,(H,17,19). The number of nitrogens with two attached hydrogens (primary N) is 1. The molecule has 1 fully saturated rings. The van der Waals surface area contributed by atoms with Crippen LogP contribution in [0.3, 0.4) is 0 Å². The molecule has 6 nitrogen and oxygen atoms in total. The largest absolute Gasteiger partial charge is 0.497 e. The lowest BCUT2D eigenvalue weighted by molar-refractivity contribution is -0.116. The number of nitrogens with one attached hydrogen (secondary N) is 1. The van der Waals surface area contributed by atoms with E-state index in [4.69, 9.17) is 15.2 Å². The van der Waals surface area contributed by atoms with E-state index < -0.39 is 0 Å². The molecule has 1 amide bonds. The van der Waals surface area contributed by atoms with Crippen LogP contribution in [-0.2, 0) is 9.53 Å². The Bertz CT molecular complexity index is 487. The van der Waals surface area contributed by atoms with Crippen LogP contribution in [0.15, 0.2) is 18.2 Å². The first-order chi connectivity index (χ1) is 10.1. The van der Waals surface area contributed by atoms with Gasteiger partial charge in [0.2, 0.25) is 5.91 Å². The zero-order valence-electron chi connectivity index (χ0n) is 12.6. The van der Waals surface area contributed by atoms with Crippen molar-refractivity contribution in [3.63, 3.8) is 0 Å². The van der Waals surface area contributed by atoms with E-state index in [0.29, 0.717) is 36.1 Å². The smallest absolute Gasteiger partial charge is 0.225 e. The molecule has 0 aromatic heterocycles. The first-order valence-corrected chi connectivity index (χ1v) is 7.11. The minimum absolute atomic E-state index is 0.0439. The highest BCUT2D eigenvalue weighted by Gasteiger charge is 2.20. The molecular formula is C15H23N3O3. The fraction of sp³-hybridized carbons (Fsp3) is 0.533. The van der Waals surface area contributed by atoms with Gasteiger partial charge in [-0.1, -0.05) is 0 Å². The molecule has 1 heterocycles. The maximum atomic E-state index is 12.0. The van der Waals surface area contributed by atoms with Crippen LogP contribution in [0.2, 0.25) is 0 Å². The van der Waals surface area contributed by atoms with Gasteiger partial charge in [-0.2, -0.15) is 0 Å². The summed E-state index contributed by atoms with van der Waals surface area (Å²) in [6, 6.07) is 5.63. The average Bonchev–Trinajstić information content (AvgIpc) is 3.01. The van der Waals surface area contributed by atoms with Gasteiger partial charge in [0.05, 0.1) is 25.1 Å². The molecule has 1 aliphatic heterocycles. The van der Waals surface area contributed by atoms with E-state index >= 15 is 0 Å². The van der Waals surface area contributed by atoms with Crippen LogP contribution in [0.5, 0.6) is 5.75 Å². The van der Waals surface area contributed by atoms with Crippen molar-refractivity contribution in [3.8, 4) is 5.75 Å². The molecule has 0 radical (unpaired) electrons. The number of rotatable bonds is 6. The van der Waals surface area contributed by atoms with Crippen LogP contribution in [0.1, 0.15) is 12.8 Å². The van der Waals surface area contributed by atoms with Gasteiger partial charge in [-0.3, -0.25) is 4.79 Å². The number of benzene rings is 1. The summed E-state index contributed by atoms with van der Waals surface area (Å²) in [6.45, 7) is 2.27. The van der Waals surface area contributed by atoms with E-state index in [9.17, 15) is 4.79 Å². The fourth-order valence-corrected chi connectivity index (χ4v) is 2.32. The molecule has 116 valence electrons. The quantitative estimate of drug-likeness (QED) is 0.774. The van der Waals surface area contributed by atoms with Gasteiger partial charge in [-0.15, -0.1) is 0 Å². The Balaban J connectivity index is 1.81. The Morgan fingerprint density at radius 1 is 1.57 bits per heavy atom. The highest BCUT2D eigenvalue weighted by atomic mass is 16.5. The second-order valence-corrected chi connectivity index (χ2v) is 5.25. The number of nitrogens with zero attached hydrogens (tertiary/aromatic N) is 1. The van der Waals surface area contributed by atoms with Gasteiger partial charge in [0.25, 0.3) is 0 Å². The van der Waals surface area contributed by atoms with Gasteiger partial charge < -0.3 is 25.4 Å². The van der Waals surface area contributed by atoms with Crippen molar-refractivity contribution in [2.75, 3.05) is 45.0 Å². The fourth-order valence-electron chi connectivity index (χ4n) is 2.32. The molecule has 1 aromatic rings. The van der Waals surface area contributed by atoms with E-state index in [1.54, 1.807) is 25.3 Å². The molecule has 0 spiro atoms. The maximum absolute atomic E-state index is 12.0. The van der Waals surface area contributed by atoms with Gasteiger partial charge in [-0.25, -0.2) is 0 Å². The van der Waals surface area contributed by atoms with Crippen molar-refractivity contribution in [3.05, 3.63) is 18.2 Å². The van der Waals surface area contributed by atoms with Crippen LogP contribution < -0.4 is 15.8 Å². The molecule has 2 rings (SSSR count). The van der Waals surface area contributed by atoms with E-state index in [-0.39, 0.29) is 5.91 Å². The summed E-state index contributed by atoms with van der Waals surface area (Å²) >= 11 is 0. The van der Waals surface area contributed by atoms with Gasteiger partial charge in [0, 0.05) is 31.7 Å². The molecule has 3 N–H and O–H groups in total. The Kier molecular flexibility index (Phi) is 5.41. The number of hydrogen-bond acceptors (Lipinski definition) is 5. The Morgan fingerprint density at radius 2 is 2.38 bits per heavy atom. The number of hydrogen-bond donors (Lipinski definition) is 2. The molecule has 1 aromatic carbocycles. The van der Waals surface area contributed by atoms with E-state index in [1.807, 2.05) is 7.05 Å². The Morgan fingerprint density at radius 3 is 3.00 bits per heavy atom. The molecule has 21 heavy (non-hydrogen) atoms. The minimum Gasteiger partial charge on any atom is -0.497 e. The first-order valence-electron chi connectivity index (χ1n) is 7.11. The van der Waals surface area contributed by atoms with Crippen molar-refractivity contribution < 1.29 is 14.3 Å². The Hall–Kier alpha value is -1.79. The third kappa shape index (κ3) is 4.34. The topological polar surface area (TPSA) is 76.8 Å². The third-order valence-electron chi connectivity index (χ3n) is 3.75. The molecule has 0 aliphatic carbocycles. The van der Waals surface area contributed by atoms with Crippen LogP contribution in [0.4, 0.5) is 11.4 Å². The van der Waals surface area contributed by atoms with Crippen LogP contribution in [0, 0.1) is 0 Å². The predicted molar refractivity (Wildman–Crippen MR) is 82.5 cm³/mol. The first kappa shape index (κ1) is 15.6. The molecule has 1 aliphatic rings. The second-order valence-electron chi connectivity index (χ2n) is 5.25. The van der Waals surface area contributed by atoms with Crippen molar-refractivity contribution >= 4 is 17.3 Å². The molecule has 1 unspecified atom stereocenters. The van der Waals surface area contributed by atoms with E-state index in [0.717, 1.165) is 19.6 Å². The lowest BCUT2D eigenvalue weighted by Crippen LogP contribution is -2.34. The monoisotopic (exact) mass is 293 g/mol. The molecule has 0 saturated carbocycles. The number of ether oxygens (including phenoxy) is 2. The highest BCUT2D eigenvalue weighted by molar-refractivity contribution is 5.94. The number of carbonyl (C=O) groups is 1. The number of carbonyl (C=O) groups excluding carboxylic acids is 1. The predicted octanol–water partition coefficient (Wildman–Crippen LogP) is 1.33. The van der Waals surface area contributed by atoms with Crippen molar-refractivity contribution in [1.82, 2.24) is 4.90 Å². The lowest BCUT2D eigenvalue weighted by atomic mass is 10.2. The van der Waals surface area contributed by atoms with Crippen molar-refractivity contribution in [1.29, 1.82) is 0 Å². The number of amides is 1. The number of likely N-dealkylation sites (N-methyl/N-ethyl adjacent to an activating group) is 1. The zero-order chi connectivity index (χ0) is 15.2. The summed E-state index contributed by atoms with van der Waals surface area (Å²) in [5.41, 5.74) is 7.00. The summed E-state index contributed by atoms with van der Waals surface area (Å²) in [5.74, 6) is 0.629. The highest BCUT2D eigenvalue weighted by Crippen LogP contribution is 2.24. The van der Waals surface area contributed by atoms with Crippen LogP contribution in [0.25, 0.3) is 0 Å². The summed E-state index contributed by atoms with van der Waals surface area (Å²) in [5, 5.41) is 2.83. The summed E-state index contributed by atoms with van der Waals surface area (Å²) in [6.07, 6.45) is 1.46. The minimum atomic E-state index is -0.0439. The van der Waals surface area contributed by atoms with Crippen LogP contribution in [-0.4, -0.2) is 50.8 Å². The van der Waals surface area contributed by atoms with Crippen molar-refractivity contribution in [2.24, 2.45) is 0 Å². The molecule has 1 atom stereocenters. The van der Waals surface area contributed by atoms with E-state index in [1.165, 1.54) is 0 Å². The summed E-state index contributed by atoms with van der Waals surface area (Å²) < 4.78 is 10.4. The van der Waals surface area contributed by atoms with Gasteiger partial charge in [-0.05, 0) is 25.6 Å². The number of methoxy groups -OCH3 is 1. The number of anilines is 2. The molecule has 1 saturated heterocycles. The normalized spacial score (nSPS) is 18.0. The van der Waals surface area contributed by atoms with Crippen molar-refractivity contribution in [2.45, 2.75) is 18.9 Å². The van der Waals surface area contributed by atoms with Gasteiger partial charge >= 0.3 is 0 Å². The summed E-state index contributed by atoms with van der Waals surface area (Å²) in [7, 11) is 3.60.